The van der Waals surface area contributed by atoms with Crippen molar-refractivity contribution in [2.75, 3.05) is 0 Å². The average molecular weight is 628 g/mol. The van der Waals surface area contributed by atoms with Crippen molar-refractivity contribution in [1.29, 1.82) is 5.26 Å². The number of nitrogens with zero attached hydrogens (tertiary/aromatic N) is 3. The molecule has 8 aromatic rings. The monoisotopic (exact) mass is 627 g/mol. The third kappa shape index (κ3) is 4.03. The molecule has 2 aromatic heterocycles. The number of hydrogen-bond acceptors (Lipinski definition) is 1. The Kier molecular flexibility index (Phi) is 6.25. The Morgan fingerprint density at radius 3 is 1.32 bits per heavy atom. The van der Waals surface area contributed by atoms with Gasteiger partial charge in [-0.3, -0.25) is 0 Å². The number of aryl methyl sites for hydroxylation is 2. The number of para-hydroxylation sites is 2. The smallest absolute Gasteiger partial charge is 0.200 e. The summed E-state index contributed by atoms with van der Waals surface area (Å²) in [4.78, 5) is 0. The molecular formula is C39H22F5N3. The van der Waals surface area contributed by atoms with Crippen molar-refractivity contribution in [2.24, 2.45) is 0 Å². The molecule has 0 spiro atoms. The van der Waals surface area contributed by atoms with E-state index in [9.17, 15) is 9.65 Å². The van der Waals surface area contributed by atoms with Crippen LogP contribution in [-0.4, -0.2) is 9.13 Å². The van der Waals surface area contributed by atoms with Crippen molar-refractivity contribution in [2.45, 2.75) is 13.8 Å². The summed E-state index contributed by atoms with van der Waals surface area (Å²) in [6.07, 6.45) is 0. The Morgan fingerprint density at radius 2 is 0.872 bits per heavy atom. The van der Waals surface area contributed by atoms with E-state index in [4.69, 9.17) is 0 Å². The minimum Gasteiger partial charge on any atom is -0.308 e. The molecule has 0 saturated carbocycles. The fourth-order valence-corrected chi connectivity index (χ4v) is 6.80. The first kappa shape index (κ1) is 28.5. The molecule has 0 aliphatic heterocycles. The minimum absolute atomic E-state index is 0.0790. The summed E-state index contributed by atoms with van der Waals surface area (Å²) < 4.78 is 80.2. The maximum absolute atomic E-state index is 16.1. The molecule has 0 saturated heterocycles. The van der Waals surface area contributed by atoms with Crippen LogP contribution in [0.4, 0.5) is 22.0 Å². The lowest BCUT2D eigenvalue weighted by molar-refractivity contribution is 0.381. The first-order chi connectivity index (χ1) is 22.7. The van der Waals surface area contributed by atoms with Crippen LogP contribution in [0.1, 0.15) is 16.7 Å². The van der Waals surface area contributed by atoms with E-state index in [1.165, 1.54) is 12.1 Å². The Morgan fingerprint density at radius 1 is 0.468 bits per heavy atom. The van der Waals surface area contributed by atoms with E-state index in [2.05, 4.69) is 6.07 Å². The molecule has 0 radical (unpaired) electrons. The number of benzene rings is 6. The summed E-state index contributed by atoms with van der Waals surface area (Å²) >= 11 is 0. The fourth-order valence-electron chi connectivity index (χ4n) is 6.80. The quantitative estimate of drug-likeness (QED) is 0.109. The summed E-state index contributed by atoms with van der Waals surface area (Å²) in [5.41, 5.74) is 3.36. The molecular weight excluding hydrogens is 605 g/mol. The van der Waals surface area contributed by atoms with Crippen molar-refractivity contribution in [1.82, 2.24) is 9.13 Å². The number of fused-ring (bicyclic) bond motifs is 6. The lowest BCUT2D eigenvalue weighted by atomic mass is 9.96. The van der Waals surface area contributed by atoms with Gasteiger partial charge in [0.1, 0.15) is 0 Å². The highest BCUT2D eigenvalue weighted by atomic mass is 19.2. The molecule has 3 nitrogen and oxygen atoms in total. The molecule has 8 heteroatoms. The van der Waals surface area contributed by atoms with E-state index >= 15 is 17.6 Å². The van der Waals surface area contributed by atoms with E-state index in [-0.39, 0.29) is 22.5 Å². The third-order valence-corrected chi connectivity index (χ3v) is 8.82. The second-order valence-corrected chi connectivity index (χ2v) is 11.7. The van der Waals surface area contributed by atoms with E-state index in [0.717, 1.165) is 32.7 Å². The molecule has 2 heterocycles. The second-order valence-electron chi connectivity index (χ2n) is 11.7. The number of halogens is 5. The van der Waals surface area contributed by atoms with Crippen LogP contribution in [0.5, 0.6) is 0 Å². The third-order valence-electron chi connectivity index (χ3n) is 8.82. The first-order valence-corrected chi connectivity index (χ1v) is 14.8. The summed E-state index contributed by atoms with van der Waals surface area (Å²) in [6.45, 7) is 3.87. The van der Waals surface area contributed by atoms with E-state index < -0.39 is 34.6 Å². The lowest BCUT2D eigenvalue weighted by Gasteiger charge is -2.22. The van der Waals surface area contributed by atoms with Gasteiger partial charge in [0.2, 0.25) is 5.82 Å². The lowest BCUT2D eigenvalue weighted by Crippen LogP contribution is -2.10. The second kappa shape index (κ2) is 10.3. The highest BCUT2D eigenvalue weighted by Crippen LogP contribution is 2.45. The van der Waals surface area contributed by atoms with Gasteiger partial charge in [-0.15, -0.1) is 0 Å². The molecule has 0 amide bonds. The summed E-state index contributed by atoms with van der Waals surface area (Å²) in [5, 5.41) is 13.6. The number of rotatable bonds is 3. The molecule has 0 unspecified atom stereocenters. The van der Waals surface area contributed by atoms with Gasteiger partial charge in [0.15, 0.2) is 23.3 Å². The molecule has 0 atom stereocenters. The summed E-state index contributed by atoms with van der Waals surface area (Å²) in [7, 11) is 0. The Hall–Kier alpha value is -5.94. The zero-order valence-electron chi connectivity index (χ0n) is 25.0. The van der Waals surface area contributed by atoms with Crippen LogP contribution in [0.2, 0.25) is 0 Å². The van der Waals surface area contributed by atoms with E-state index in [0.29, 0.717) is 22.1 Å². The average Bonchev–Trinajstić information content (AvgIpc) is 3.58. The van der Waals surface area contributed by atoms with Gasteiger partial charge in [0.05, 0.1) is 50.6 Å². The summed E-state index contributed by atoms with van der Waals surface area (Å²) in [5.74, 6) is -10.3. The highest BCUT2D eigenvalue weighted by Gasteiger charge is 2.32. The molecule has 0 N–H and O–H groups in total. The Bertz CT molecular complexity index is 2510. The largest absolute Gasteiger partial charge is 0.308 e. The molecule has 0 bridgehead atoms. The SMILES string of the molecule is Cc1ccc2c(c1)c1ccccc1n2-c1cc(C#N)cc(-n2c3ccccc3c3cc(C)ccc32)c1-c1c(F)c(F)c(F)c(F)c1F. The van der Waals surface area contributed by atoms with Crippen LogP contribution >= 0.6 is 0 Å². The van der Waals surface area contributed by atoms with Crippen molar-refractivity contribution >= 4 is 43.6 Å². The zero-order valence-corrected chi connectivity index (χ0v) is 25.0. The number of nitriles is 1. The number of aromatic nitrogens is 2. The van der Waals surface area contributed by atoms with Gasteiger partial charge in [-0.05, 0) is 62.4 Å². The van der Waals surface area contributed by atoms with Gasteiger partial charge in [-0.1, -0.05) is 59.7 Å². The highest BCUT2D eigenvalue weighted by molar-refractivity contribution is 6.12. The van der Waals surface area contributed by atoms with Crippen molar-refractivity contribution in [3.8, 4) is 28.6 Å². The predicted octanol–water partition coefficient (Wildman–Crippen LogP) is 10.7. The molecule has 0 aliphatic rings. The standard InChI is InChI=1S/C39H22F5N3/c1-20-11-13-29-25(15-20)23-7-3-5-9-27(23)46(29)31-17-22(19-45)18-32(33(31)34-35(40)37(42)39(44)38(43)36(34)41)47-28-10-6-4-8-24(28)26-16-21(2)12-14-30(26)47/h3-18H,1-2H3. The molecule has 6 aromatic carbocycles. The van der Waals surface area contributed by atoms with E-state index in [1.54, 1.807) is 21.3 Å². The molecule has 0 aliphatic carbocycles. The van der Waals surface area contributed by atoms with Gasteiger partial charge in [0.25, 0.3) is 0 Å². The maximum atomic E-state index is 16.1. The molecule has 47 heavy (non-hydrogen) atoms. The van der Waals surface area contributed by atoms with Gasteiger partial charge >= 0.3 is 0 Å². The van der Waals surface area contributed by atoms with Gasteiger partial charge < -0.3 is 9.13 Å². The van der Waals surface area contributed by atoms with E-state index in [1.807, 2.05) is 86.6 Å². The van der Waals surface area contributed by atoms with Crippen LogP contribution in [0.25, 0.3) is 66.1 Å². The van der Waals surface area contributed by atoms with Gasteiger partial charge in [-0.2, -0.15) is 5.26 Å². The summed E-state index contributed by atoms with van der Waals surface area (Å²) in [6, 6.07) is 31.1. The topological polar surface area (TPSA) is 33.6 Å². The fraction of sp³-hybridized carbons (Fsp3) is 0.0513. The molecule has 8 rings (SSSR count). The first-order valence-electron chi connectivity index (χ1n) is 14.8. The predicted molar refractivity (Wildman–Crippen MR) is 175 cm³/mol. The molecule has 0 fully saturated rings. The van der Waals surface area contributed by atoms with Crippen LogP contribution in [0.3, 0.4) is 0 Å². The van der Waals surface area contributed by atoms with Crippen molar-refractivity contribution in [3.05, 3.63) is 143 Å². The van der Waals surface area contributed by atoms with Gasteiger partial charge in [0, 0.05) is 27.1 Å². The molecule has 228 valence electrons. The van der Waals surface area contributed by atoms with Crippen LogP contribution in [0, 0.1) is 54.3 Å². The van der Waals surface area contributed by atoms with Crippen LogP contribution in [-0.2, 0) is 0 Å². The van der Waals surface area contributed by atoms with Crippen molar-refractivity contribution < 1.29 is 22.0 Å². The Labute approximate surface area is 264 Å². The van der Waals surface area contributed by atoms with Crippen LogP contribution < -0.4 is 0 Å². The number of hydrogen-bond donors (Lipinski definition) is 0. The maximum Gasteiger partial charge on any atom is 0.200 e. The zero-order chi connectivity index (χ0) is 32.7. The van der Waals surface area contributed by atoms with Gasteiger partial charge in [-0.25, -0.2) is 22.0 Å². The normalized spacial score (nSPS) is 11.7. The minimum atomic E-state index is -2.25. The van der Waals surface area contributed by atoms with Crippen LogP contribution in [0.15, 0.2) is 97.1 Å². The Balaban J connectivity index is 1.66. The van der Waals surface area contributed by atoms with Crippen molar-refractivity contribution in [3.63, 3.8) is 0 Å².